The van der Waals surface area contributed by atoms with E-state index in [0.29, 0.717) is 17.9 Å². The van der Waals surface area contributed by atoms with Gasteiger partial charge in [0.2, 0.25) is 0 Å². The molecule has 0 aliphatic carbocycles. The van der Waals surface area contributed by atoms with Crippen molar-refractivity contribution in [1.29, 1.82) is 0 Å². The molecule has 1 heterocycles. The first-order chi connectivity index (χ1) is 13.9. The van der Waals surface area contributed by atoms with Crippen LogP contribution in [0.3, 0.4) is 0 Å². The first-order valence-electron chi connectivity index (χ1n) is 9.56. The predicted molar refractivity (Wildman–Crippen MR) is 112 cm³/mol. The number of benzene rings is 2. The van der Waals surface area contributed by atoms with Gasteiger partial charge < -0.3 is 19.6 Å². The lowest BCUT2D eigenvalue weighted by atomic mass is 9.95. The van der Waals surface area contributed by atoms with Crippen molar-refractivity contribution < 1.29 is 19.4 Å². The molecule has 0 spiro atoms. The Morgan fingerprint density at radius 3 is 2.31 bits per heavy atom. The van der Waals surface area contributed by atoms with E-state index >= 15 is 0 Å². The third-order valence-corrected chi connectivity index (χ3v) is 5.02. The largest absolute Gasteiger partial charge is 0.507 e. The summed E-state index contributed by atoms with van der Waals surface area (Å²) in [6.07, 6.45) is 0.720. The molecule has 6 heteroatoms. The summed E-state index contributed by atoms with van der Waals surface area (Å²) in [5.74, 6) is -0.708. The van der Waals surface area contributed by atoms with Crippen LogP contribution < -0.4 is 4.74 Å². The predicted octanol–water partition coefficient (Wildman–Crippen LogP) is 3.07. The van der Waals surface area contributed by atoms with Gasteiger partial charge in [0.1, 0.15) is 11.5 Å². The molecular formula is C23H26N2O4. The molecule has 0 bridgehead atoms. The molecule has 0 radical (unpaired) electrons. The number of carbonyl (C=O) groups is 2. The Morgan fingerprint density at radius 2 is 1.72 bits per heavy atom. The van der Waals surface area contributed by atoms with Gasteiger partial charge in [-0.2, -0.15) is 0 Å². The zero-order valence-corrected chi connectivity index (χ0v) is 17.0. The van der Waals surface area contributed by atoms with Crippen molar-refractivity contribution in [2.45, 2.75) is 12.5 Å². The Morgan fingerprint density at radius 1 is 1.07 bits per heavy atom. The molecule has 0 saturated carbocycles. The van der Waals surface area contributed by atoms with Crippen LogP contribution in [0.4, 0.5) is 0 Å². The summed E-state index contributed by atoms with van der Waals surface area (Å²) in [7, 11) is 5.51. The van der Waals surface area contributed by atoms with Gasteiger partial charge in [0.15, 0.2) is 0 Å². The topological polar surface area (TPSA) is 70.1 Å². The lowest BCUT2D eigenvalue weighted by molar-refractivity contribution is -0.139. The van der Waals surface area contributed by atoms with Crippen molar-refractivity contribution in [1.82, 2.24) is 9.80 Å². The number of Topliss-reactive ketones (excluding diaryl/α,β-unsaturated/α-hetero) is 1. The Balaban J connectivity index is 2.06. The van der Waals surface area contributed by atoms with Gasteiger partial charge in [-0.05, 0) is 44.8 Å². The molecule has 29 heavy (non-hydrogen) atoms. The van der Waals surface area contributed by atoms with E-state index in [1.54, 1.807) is 48.4 Å². The molecule has 1 N–H and O–H groups in total. The fourth-order valence-corrected chi connectivity index (χ4v) is 3.55. The van der Waals surface area contributed by atoms with E-state index in [0.717, 1.165) is 18.5 Å². The fourth-order valence-electron chi connectivity index (χ4n) is 3.55. The number of hydrogen-bond acceptors (Lipinski definition) is 5. The molecule has 2 aromatic rings. The van der Waals surface area contributed by atoms with Crippen LogP contribution in [0.1, 0.15) is 23.6 Å². The van der Waals surface area contributed by atoms with Gasteiger partial charge in [-0.15, -0.1) is 0 Å². The quantitative estimate of drug-likeness (QED) is 0.444. The highest BCUT2D eigenvalue weighted by Crippen LogP contribution is 2.39. The summed E-state index contributed by atoms with van der Waals surface area (Å²) in [6.45, 7) is 1.21. The van der Waals surface area contributed by atoms with Gasteiger partial charge >= 0.3 is 0 Å². The van der Waals surface area contributed by atoms with Crippen LogP contribution in [0.25, 0.3) is 5.76 Å². The first-order valence-corrected chi connectivity index (χ1v) is 9.56. The second-order valence-electron chi connectivity index (χ2n) is 7.29. The third kappa shape index (κ3) is 4.32. The van der Waals surface area contributed by atoms with Crippen LogP contribution in [0.15, 0.2) is 60.2 Å². The second-order valence-corrected chi connectivity index (χ2v) is 7.29. The summed E-state index contributed by atoms with van der Waals surface area (Å²) in [4.78, 5) is 29.3. The van der Waals surface area contributed by atoms with Crippen LogP contribution in [-0.2, 0) is 9.59 Å². The number of rotatable bonds is 7. The number of methoxy groups -OCH3 is 1. The number of likely N-dealkylation sites (tertiary alicyclic amines) is 1. The Kier molecular flexibility index (Phi) is 6.34. The summed E-state index contributed by atoms with van der Waals surface area (Å²) < 4.78 is 5.22. The highest BCUT2D eigenvalue weighted by Gasteiger charge is 2.45. The molecule has 3 rings (SSSR count). The Hall–Kier alpha value is -3.12. The molecule has 1 atom stereocenters. The number of ketones is 1. The zero-order valence-electron chi connectivity index (χ0n) is 17.0. The number of amides is 1. The molecule has 1 fully saturated rings. The highest BCUT2D eigenvalue weighted by atomic mass is 16.5. The smallest absolute Gasteiger partial charge is 0.295 e. The number of aliphatic hydroxyl groups is 1. The number of carbonyl (C=O) groups excluding carboxylic acids is 2. The molecule has 1 saturated heterocycles. The highest BCUT2D eigenvalue weighted by molar-refractivity contribution is 6.46. The third-order valence-electron chi connectivity index (χ3n) is 5.02. The van der Waals surface area contributed by atoms with E-state index in [1.807, 2.05) is 37.2 Å². The minimum absolute atomic E-state index is 0.121. The molecule has 1 unspecified atom stereocenters. The number of nitrogens with zero attached hydrogens (tertiary/aromatic N) is 2. The van der Waals surface area contributed by atoms with Crippen molar-refractivity contribution >= 4 is 17.4 Å². The van der Waals surface area contributed by atoms with Crippen molar-refractivity contribution in [3.8, 4) is 5.75 Å². The summed E-state index contributed by atoms with van der Waals surface area (Å²) in [5.41, 5.74) is 1.39. The lowest BCUT2D eigenvalue weighted by Crippen LogP contribution is -2.32. The second kappa shape index (κ2) is 8.92. The SMILES string of the molecule is COc1ccc(C2/C(=C(/O)c3ccccc3)C(=O)C(=O)N2CCCN(C)C)cc1. The minimum Gasteiger partial charge on any atom is -0.507 e. The molecule has 1 aliphatic heterocycles. The fraction of sp³-hybridized carbons (Fsp3) is 0.304. The van der Waals surface area contributed by atoms with Crippen molar-refractivity contribution in [2.24, 2.45) is 0 Å². The Labute approximate surface area is 171 Å². The number of hydrogen-bond donors (Lipinski definition) is 1. The van der Waals surface area contributed by atoms with E-state index in [4.69, 9.17) is 4.74 Å². The maximum absolute atomic E-state index is 12.9. The standard InChI is InChI=1S/C23H26N2O4/c1-24(2)14-7-15-25-20(16-10-12-18(29-3)13-11-16)19(22(27)23(25)28)21(26)17-8-5-4-6-9-17/h4-6,8-13,20,26H,7,14-15H2,1-3H3/b21-19-. The monoisotopic (exact) mass is 394 g/mol. The van der Waals surface area contributed by atoms with Gasteiger partial charge in [-0.1, -0.05) is 42.5 Å². The van der Waals surface area contributed by atoms with Crippen LogP contribution >= 0.6 is 0 Å². The minimum atomic E-state index is -0.656. The summed E-state index contributed by atoms with van der Waals surface area (Å²) >= 11 is 0. The molecular weight excluding hydrogens is 368 g/mol. The molecule has 1 aliphatic rings. The molecule has 0 aromatic heterocycles. The van der Waals surface area contributed by atoms with Gasteiger partial charge in [-0.25, -0.2) is 0 Å². The zero-order chi connectivity index (χ0) is 21.0. The van der Waals surface area contributed by atoms with Gasteiger partial charge in [-0.3, -0.25) is 9.59 Å². The van der Waals surface area contributed by atoms with Gasteiger partial charge in [0, 0.05) is 12.1 Å². The summed E-state index contributed by atoms with van der Waals surface area (Å²) in [5, 5.41) is 10.9. The molecule has 2 aromatic carbocycles. The van der Waals surface area contributed by atoms with Crippen molar-refractivity contribution in [2.75, 3.05) is 34.3 Å². The number of aliphatic hydroxyl groups excluding tert-OH is 1. The van der Waals surface area contributed by atoms with Crippen LogP contribution in [-0.4, -0.2) is 60.9 Å². The van der Waals surface area contributed by atoms with Crippen LogP contribution in [0.5, 0.6) is 5.75 Å². The van der Waals surface area contributed by atoms with E-state index in [1.165, 1.54) is 0 Å². The maximum atomic E-state index is 12.9. The maximum Gasteiger partial charge on any atom is 0.295 e. The normalized spacial score (nSPS) is 18.5. The lowest BCUT2D eigenvalue weighted by Gasteiger charge is -2.26. The van der Waals surface area contributed by atoms with Gasteiger partial charge in [0.25, 0.3) is 11.7 Å². The van der Waals surface area contributed by atoms with Crippen LogP contribution in [0.2, 0.25) is 0 Å². The summed E-state index contributed by atoms with van der Waals surface area (Å²) in [6, 6.07) is 15.4. The molecule has 152 valence electrons. The number of ether oxygens (including phenoxy) is 1. The molecule has 1 amide bonds. The van der Waals surface area contributed by atoms with E-state index in [-0.39, 0.29) is 11.3 Å². The van der Waals surface area contributed by atoms with Crippen molar-refractivity contribution in [3.05, 3.63) is 71.3 Å². The average molecular weight is 394 g/mol. The first kappa shape index (κ1) is 20.6. The van der Waals surface area contributed by atoms with Crippen molar-refractivity contribution in [3.63, 3.8) is 0 Å². The van der Waals surface area contributed by atoms with E-state index in [9.17, 15) is 14.7 Å². The van der Waals surface area contributed by atoms with Crippen LogP contribution in [0, 0.1) is 0 Å². The van der Waals surface area contributed by atoms with E-state index < -0.39 is 17.7 Å². The molecule has 6 nitrogen and oxygen atoms in total. The Bertz CT molecular complexity index is 904. The van der Waals surface area contributed by atoms with Gasteiger partial charge in [0.05, 0.1) is 18.7 Å². The van der Waals surface area contributed by atoms with E-state index in [2.05, 4.69) is 0 Å². The average Bonchev–Trinajstić information content (AvgIpc) is 2.98.